The SMILES string of the molecule is CC(=O)NC1CCCN(C(=O)CCCC(=O)O)C1. The molecule has 1 aliphatic heterocycles. The smallest absolute Gasteiger partial charge is 0.303 e. The zero-order valence-electron chi connectivity index (χ0n) is 10.6. The summed E-state index contributed by atoms with van der Waals surface area (Å²) in [6.07, 6.45) is 2.41. The van der Waals surface area contributed by atoms with Gasteiger partial charge in [0.05, 0.1) is 0 Å². The lowest BCUT2D eigenvalue weighted by Gasteiger charge is -2.33. The summed E-state index contributed by atoms with van der Waals surface area (Å²) in [7, 11) is 0. The summed E-state index contributed by atoms with van der Waals surface area (Å²) in [5.41, 5.74) is 0. The van der Waals surface area contributed by atoms with Crippen LogP contribution in [0.1, 0.15) is 39.0 Å². The second-order valence-corrected chi connectivity index (χ2v) is 4.63. The molecule has 1 saturated heterocycles. The van der Waals surface area contributed by atoms with E-state index in [0.29, 0.717) is 19.5 Å². The lowest BCUT2D eigenvalue weighted by atomic mass is 10.0. The van der Waals surface area contributed by atoms with Crippen molar-refractivity contribution in [3.63, 3.8) is 0 Å². The molecule has 0 saturated carbocycles. The van der Waals surface area contributed by atoms with E-state index in [-0.39, 0.29) is 30.7 Å². The summed E-state index contributed by atoms with van der Waals surface area (Å²) in [6, 6.07) is 0.0275. The molecular formula is C12H20N2O4. The van der Waals surface area contributed by atoms with Gasteiger partial charge in [-0.05, 0) is 19.3 Å². The molecule has 2 amide bonds. The fourth-order valence-electron chi connectivity index (χ4n) is 2.16. The molecule has 18 heavy (non-hydrogen) atoms. The standard InChI is InChI=1S/C12H20N2O4/c1-9(15)13-10-4-3-7-14(8-10)11(16)5-2-6-12(17)18/h10H,2-8H2,1H3,(H,13,15)(H,17,18). The molecule has 0 bridgehead atoms. The van der Waals surface area contributed by atoms with Crippen molar-refractivity contribution in [2.75, 3.05) is 13.1 Å². The molecule has 1 aliphatic rings. The number of carbonyl (C=O) groups excluding carboxylic acids is 2. The number of carboxylic acids is 1. The third-order valence-corrected chi connectivity index (χ3v) is 2.96. The predicted molar refractivity (Wildman–Crippen MR) is 64.9 cm³/mol. The van der Waals surface area contributed by atoms with Gasteiger partial charge in [-0.25, -0.2) is 0 Å². The molecule has 1 unspecified atom stereocenters. The fourth-order valence-corrected chi connectivity index (χ4v) is 2.16. The molecule has 2 N–H and O–H groups in total. The summed E-state index contributed by atoms with van der Waals surface area (Å²) in [5.74, 6) is -0.982. The summed E-state index contributed by atoms with van der Waals surface area (Å²) >= 11 is 0. The van der Waals surface area contributed by atoms with Crippen LogP contribution in [0.4, 0.5) is 0 Å². The second-order valence-electron chi connectivity index (χ2n) is 4.63. The maximum absolute atomic E-state index is 11.8. The Morgan fingerprint density at radius 3 is 2.67 bits per heavy atom. The number of rotatable bonds is 5. The molecule has 0 spiro atoms. The maximum atomic E-state index is 11.8. The van der Waals surface area contributed by atoms with Gasteiger partial charge in [-0.2, -0.15) is 0 Å². The predicted octanol–water partition coefficient (Wildman–Crippen LogP) is 0.368. The molecule has 0 aliphatic carbocycles. The number of aliphatic carboxylic acids is 1. The minimum absolute atomic E-state index is 0.0219. The molecule has 1 fully saturated rings. The van der Waals surface area contributed by atoms with Crippen LogP contribution in [0.3, 0.4) is 0 Å². The third kappa shape index (κ3) is 5.16. The zero-order valence-corrected chi connectivity index (χ0v) is 10.6. The van der Waals surface area contributed by atoms with Crippen LogP contribution in [0.15, 0.2) is 0 Å². The quantitative estimate of drug-likeness (QED) is 0.744. The van der Waals surface area contributed by atoms with Crippen LogP contribution in [0.5, 0.6) is 0 Å². The molecule has 102 valence electrons. The van der Waals surface area contributed by atoms with Crippen LogP contribution in [-0.4, -0.2) is 46.9 Å². The van der Waals surface area contributed by atoms with Crippen LogP contribution in [0, 0.1) is 0 Å². The van der Waals surface area contributed by atoms with Gasteiger partial charge in [0, 0.05) is 38.9 Å². The Morgan fingerprint density at radius 2 is 2.06 bits per heavy atom. The van der Waals surface area contributed by atoms with Gasteiger partial charge in [-0.15, -0.1) is 0 Å². The Bertz CT molecular complexity index is 330. The van der Waals surface area contributed by atoms with E-state index in [4.69, 9.17) is 5.11 Å². The van der Waals surface area contributed by atoms with Crippen molar-refractivity contribution in [3.05, 3.63) is 0 Å². The van der Waals surface area contributed by atoms with Crippen LogP contribution >= 0.6 is 0 Å². The summed E-state index contributed by atoms with van der Waals surface area (Å²) in [6.45, 7) is 2.70. The molecule has 0 aromatic rings. The minimum atomic E-state index is -0.877. The molecule has 0 radical (unpaired) electrons. The molecule has 6 heteroatoms. The van der Waals surface area contributed by atoms with E-state index in [1.165, 1.54) is 6.92 Å². The van der Waals surface area contributed by atoms with Gasteiger partial charge in [0.15, 0.2) is 0 Å². The Morgan fingerprint density at radius 1 is 1.33 bits per heavy atom. The Labute approximate surface area is 106 Å². The van der Waals surface area contributed by atoms with E-state index in [1.807, 2.05) is 0 Å². The van der Waals surface area contributed by atoms with Gasteiger partial charge in [0.25, 0.3) is 0 Å². The number of hydrogen-bond donors (Lipinski definition) is 2. The monoisotopic (exact) mass is 256 g/mol. The molecule has 1 atom stereocenters. The lowest BCUT2D eigenvalue weighted by molar-refractivity contribution is -0.137. The first kappa shape index (κ1) is 14.5. The average molecular weight is 256 g/mol. The number of nitrogens with zero attached hydrogens (tertiary/aromatic N) is 1. The van der Waals surface area contributed by atoms with Gasteiger partial charge >= 0.3 is 5.97 Å². The van der Waals surface area contributed by atoms with E-state index in [9.17, 15) is 14.4 Å². The molecule has 1 rings (SSSR count). The van der Waals surface area contributed by atoms with Crippen LogP contribution in [-0.2, 0) is 14.4 Å². The van der Waals surface area contributed by atoms with Gasteiger partial charge in [0.2, 0.25) is 11.8 Å². The van der Waals surface area contributed by atoms with Gasteiger partial charge in [0.1, 0.15) is 0 Å². The number of likely N-dealkylation sites (tertiary alicyclic amines) is 1. The van der Waals surface area contributed by atoms with Crippen molar-refractivity contribution in [3.8, 4) is 0 Å². The Kier molecular flexibility index (Phi) is 5.61. The Balaban J connectivity index is 2.33. The fraction of sp³-hybridized carbons (Fsp3) is 0.750. The van der Waals surface area contributed by atoms with Gasteiger partial charge in [-0.1, -0.05) is 0 Å². The second kappa shape index (κ2) is 6.98. The van der Waals surface area contributed by atoms with E-state index in [0.717, 1.165) is 12.8 Å². The van der Waals surface area contributed by atoms with E-state index in [1.54, 1.807) is 4.90 Å². The largest absolute Gasteiger partial charge is 0.481 e. The zero-order chi connectivity index (χ0) is 13.5. The first-order chi connectivity index (χ1) is 8.49. The van der Waals surface area contributed by atoms with Crippen LogP contribution in [0.25, 0.3) is 0 Å². The van der Waals surface area contributed by atoms with E-state index < -0.39 is 5.97 Å². The molecule has 0 aromatic carbocycles. The number of hydrogen-bond acceptors (Lipinski definition) is 3. The van der Waals surface area contributed by atoms with Crippen molar-refractivity contribution in [1.82, 2.24) is 10.2 Å². The lowest BCUT2D eigenvalue weighted by Crippen LogP contribution is -2.49. The first-order valence-electron chi connectivity index (χ1n) is 6.25. The van der Waals surface area contributed by atoms with Gasteiger partial charge in [-0.3, -0.25) is 14.4 Å². The number of amides is 2. The number of carboxylic acid groups (broad SMARTS) is 1. The van der Waals surface area contributed by atoms with Crippen molar-refractivity contribution in [2.24, 2.45) is 0 Å². The summed E-state index contributed by atoms with van der Waals surface area (Å²) in [5, 5.41) is 11.3. The van der Waals surface area contributed by atoms with Crippen molar-refractivity contribution >= 4 is 17.8 Å². The first-order valence-corrected chi connectivity index (χ1v) is 6.25. The average Bonchev–Trinajstić information content (AvgIpc) is 2.27. The number of carbonyl (C=O) groups is 3. The summed E-state index contributed by atoms with van der Waals surface area (Å²) < 4.78 is 0. The van der Waals surface area contributed by atoms with Crippen molar-refractivity contribution in [1.29, 1.82) is 0 Å². The molecule has 1 heterocycles. The highest BCUT2D eigenvalue weighted by Crippen LogP contribution is 2.12. The van der Waals surface area contributed by atoms with E-state index >= 15 is 0 Å². The van der Waals surface area contributed by atoms with Gasteiger partial charge < -0.3 is 15.3 Å². The van der Waals surface area contributed by atoms with Crippen LogP contribution < -0.4 is 5.32 Å². The highest BCUT2D eigenvalue weighted by molar-refractivity contribution is 5.77. The summed E-state index contributed by atoms with van der Waals surface area (Å²) in [4.78, 5) is 34.9. The topological polar surface area (TPSA) is 86.7 Å². The third-order valence-electron chi connectivity index (χ3n) is 2.96. The highest BCUT2D eigenvalue weighted by Gasteiger charge is 2.23. The normalized spacial score (nSPS) is 19.4. The highest BCUT2D eigenvalue weighted by atomic mass is 16.4. The van der Waals surface area contributed by atoms with Crippen LogP contribution in [0.2, 0.25) is 0 Å². The number of piperidine rings is 1. The molecule has 0 aromatic heterocycles. The maximum Gasteiger partial charge on any atom is 0.303 e. The van der Waals surface area contributed by atoms with Crippen molar-refractivity contribution in [2.45, 2.75) is 45.1 Å². The number of nitrogens with one attached hydrogen (secondary N) is 1. The minimum Gasteiger partial charge on any atom is -0.481 e. The molecular weight excluding hydrogens is 236 g/mol. The van der Waals surface area contributed by atoms with Crippen molar-refractivity contribution < 1.29 is 19.5 Å². The Hall–Kier alpha value is -1.59. The van der Waals surface area contributed by atoms with E-state index in [2.05, 4.69) is 5.32 Å². The molecule has 6 nitrogen and oxygen atoms in total.